The number of pyridine rings is 1. The molecule has 0 fully saturated rings. The lowest BCUT2D eigenvalue weighted by molar-refractivity contribution is 0.00695. The van der Waals surface area contributed by atoms with Gasteiger partial charge in [-0.2, -0.15) is 0 Å². The van der Waals surface area contributed by atoms with E-state index in [1.54, 1.807) is 22.9 Å². The summed E-state index contributed by atoms with van der Waals surface area (Å²) in [6.45, 7) is 5.93. The van der Waals surface area contributed by atoms with Crippen molar-refractivity contribution >= 4 is 16.7 Å². The third-order valence-electron chi connectivity index (χ3n) is 5.29. The number of carbonyl (C=O) groups excluding carboxylic acids is 1. The van der Waals surface area contributed by atoms with Crippen LogP contribution in [0.4, 0.5) is 0 Å². The fraction of sp³-hybridized carbons (Fsp3) is 0.200. The molecule has 3 aromatic carbocycles. The van der Waals surface area contributed by atoms with Gasteiger partial charge in [-0.25, -0.2) is 4.79 Å². The zero-order chi connectivity index (χ0) is 24.1. The molecule has 4 rings (SSSR count). The summed E-state index contributed by atoms with van der Waals surface area (Å²) in [5, 5.41) is 1.52. The third-order valence-corrected chi connectivity index (χ3v) is 5.29. The molecule has 4 aromatic rings. The van der Waals surface area contributed by atoms with E-state index >= 15 is 0 Å². The van der Waals surface area contributed by atoms with Gasteiger partial charge in [-0.15, -0.1) is 0 Å². The Labute approximate surface area is 199 Å². The summed E-state index contributed by atoms with van der Waals surface area (Å²) >= 11 is 0. The van der Waals surface area contributed by atoms with Crippen LogP contribution in [0, 0.1) is 11.8 Å². The molecular weight excluding hydrogens is 422 g/mol. The van der Waals surface area contributed by atoms with Crippen molar-refractivity contribution in [2.75, 3.05) is 0 Å². The summed E-state index contributed by atoms with van der Waals surface area (Å²) < 4.78 is 7.08. The molecule has 0 bridgehead atoms. The second-order valence-electron chi connectivity index (χ2n) is 9.21. The van der Waals surface area contributed by atoms with E-state index in [9.17, 15) is 9.59 Å². The van der Waals surface area contributed by atoms with Crippen LogP contribution in [0.5, 0.6) is 0 Å². The highest BCUT2D eigenvalue weighted by Gasteiger charge is 2.17. The smallest absolute Gasteiger partial charge is 0.338 e. The van der Waals surface area contributed by atoms with E-state index < -0.39 is 5.60 Å². The molecule has 170 valence electrons. The summed E-state index contributed by atoms with van der Waals surface area (Å²) in [5.74, 6) is 6.00. The molecule has 0 saturated heterocycles. The minimum absolute atomic E-state index is 0.0690. The number of rotatable bonds is 4. The molecule has 1 aromatic heterocycles. The van der Waals surface area contributed by atoms with Gasteiger partial charge in [0.1, 0.15) is 5.60 Å². The summed E-state index contributed by atoms with van der Waals surface area (Å²) in [4.78, 5) is 25.4. The van der Waals surface area contributed by atoms with Crippen LogP contribution in [0.2, 0.25) is 0 Å². The second-order valence-corrected chi connectivity index (χ2v) is 9.21. The third kappa shape index (κ3) is 5.82. The molecule has 0 aliphatic heterocycles. The van der Waals surface area contributed by atoms with E-state index in [0.29, 0.717) is 23.9 Å². The molecule has 34 heavy (non-hydrogen) atoms. The van der Waals surface area contributed by atoms with Crippen molar-refractivity contribution in [2.45, 2.75) is 39.3 Å². The lowest BCUT2D eigenvalue weighted by Gasteiger charge is -2.19. The maximum absolute atomic E-state index is 13.2. The van der Waals surface area contributed by atoms with Gasteiger partial charge in [0.15, 0.2) is 0 Å². The Morgan fingerprint density at radius 2 is 1.65 bits per heavy atom. The SMILES string of the molecule is CC(C)(C)OC(=O)c1ccc(Cn2ccc3ccc(C#CCc4ccccc4)cc3c2=O)cc1. The van der Waals surface area contributed by atoms with Crippen molar-refractivity contribution in [3.63, 3.8) is 0 Å². The molecule has 4 nitrogen and oxygen atoms in total. The predicted molar refractivity (Wildman–Crippen MR) is 136 cm³/mol. The average Bonchev–Trinajstić information content (AvgIpc) is 2.81. The Morgan fingerprint density at radius 3 is 2.35 bits per heavy atom. The zero-order valence-electron chi connectivity index (χ0n) is 19.7. The number of hydrogen-bond acceptors (Lipinski definition) is 3. The predicted octanol–water partition coefficient (Wildman–Crippen LogP) is 5.60. The summed E-state index contributed by atoms with van der Waals surface area (Å²) in [6, 6.07) is 24.9. The lowest BCUT2D eigenvalue weighted by atomic mass is 10.1. The highest BCUT2D eigenvalue weighted by Crippen LogP contribution is 2.15. The Balaban J connectivity index is 1.53. The van der Waals surface area contributed by atoms with Crippen molar-refractivity contribution in [3.8, 4) is 11.8 Å². The fourth-order valence-electron chi connectivity index (χ4n) is 3.61. The standard InChI is InChI=1S/C30H27NO3/c1-30(2,3)34-29(33)26-16-13-24(14-17-26)21-31-19-18-25-15-12-23(20-27(25)28(31)32)11-7-10-22-8-5-4-6-9-22/h4-6,8-9,12-20H,10,21H2,1-3H3. The van der Waals surface area contributed by atoms with Crippen LogP contribution in [0.3, 0.4) is 0 Å². The summed E-state index contributed by atoms with van der Waals surface area (Å²) in [7, 11) is 0. The normalized spacial score (nSPS) is 11.0. The van der Waals surface area contributed by atoms with Gasteiger partial charge in [0.05, 0.1) is 12.1 Å². The van der Waals surface area contributed by atoms with E-state index in [-0.39, 0.29) is 11.5 Å². The van der Waals surface area contributed by atoms with Crippen LogP contribution in [0.1, 0.15) is 47.8 Å². The zero-order valence-corrected chi connectivity index (χ0v) is 19.7. The maximum Gasteiger partial charge on any atom is 0.338 e. The molecule has 0 atom stereocenters. The average molecular weight is 450 g/mol. The Bertz CT molecular complexity index is 1430. The summed E-state index contributed by atoms with van der Waals surface area (Å²) in [6.07, 6.45) is 2.46. The van der Waals surface area contributed by atoms with E-state index in [4.69, 9.17) is 4.74 Å². The number of benzene rings is 3. The maximum atomic E-state index is 13.2. The first-order chi connectivity index (χ1) is 16.3. The van der Waals surface area contributed by atoms with Gasteiger partial charge in [0.25, 0.3) is 5.56 Å². The van der Waals surface area contributed by atoms with E-state index in [0.717, 1.165) is 22.1 Å². The van der Waals surface area contributed by atoms with E-state index in [1.807, 2.05) is 87.5 Å². The van der Waals surface area contributed by atoms with Gasteiger partial charge in [-0.3, -0.25) is 4.79 Å². The number of aromatic nitrogens is 1. The molecule has 0 amide bonds. The van der Waals surface area contributed by atoms with Crippen LogP contribution in [0.15, 0.2) is 89.9 Å². The van der Waals surface area contributed by atoms with Crippen molar-refractivity contribution in [3.05, 3.63) is 118 Å². The number of fused-ring (bicyclic) bond motifs is 1. The first-order valence-corrected chi connectivity index (χ1v) is 11.3. The largest absolute Gasteiger partial charge is 0.456 e. The van der Waals surface area contributed by atoms with Gasteiger partial charge in [0.2, 0.25) is 0 Å². The number of nitrogens with zero attached hydrogens (tertiary/aromatic N) is 1. The highest BCUT2D eigenvalue weighted by molar-refractivity contribution is 5.89. The van der Waals surface area contributed by atoms with Gasteiger partial charge >= 0.3 is 5.97 Å². The Morgan fingerprint density at radius 1 is 0.912 bits per heavy atom. The molecular formula is C30H27NO3. The van der Waals surface area contributed by atoms with Gasteiger partial charge in [-0.05, 0) is 67.6 Å². The molecule has 0 unspecified atom stereocenters. The number of carbonyl (C=O) groups is 1. The lowest BCUT2D eigenvalue weighted by Crippen LogP contribution is -2.24. The molecule has 0 aliphatic carbocycles. The molecule has 1 heterocycles. The first-order valence-electron chi connectivity index (χ1n) is 11.3. The fourth-order valence-corrected chi connectivity index (χ4v) is 3.61. The van der Waals surface area contributed by atoms with E-state index in [1.165, 1.54) is 0 Å². The van der Waals surface area contributed by atoms with Crippen molar-refractivity contribution < 1.29 is 9.53 Å². The van der Waals surface area contributed by atoms with Gasteiger partial charge < -0.3 is 9.30 Å². The Hall–Kier alpha value is -4.10. The van der Waals surface area contributed by atoms with Crippen molar-refractivity contribution in [2.24, 2.45) is 0 Å². The van der Waals surface area contributed by atoms with Crippen LogP contribution >= 0.6 is 0 Å². The number of esters is 1. The second kappa shape index (κ2) is 9.80. The highest BCUT2D eigenvalue weighted by atomic mass is 16.6. The van der Waals surface area contributed by atoms with Crippen molar-refractivity contribution in [1.29, 1.82) is 0 Å². The monoisotopic (exact) mass is 449 g/mol. The minimum atomic E-state index is -0.543. The quantitative estimate of drug-likeness (QED) is 0.301. The molecule has 0 N–H and O–H groups in total. The van der Waals surface area contributed by atoms with Gasteiger partial charge in [-0.1, -0.05) is 60.4 Å². The molecule has 0 radical (unpaired) electrons. The van der Waals surface area contributed by atoms with Crippen LogP contribution in [-0.2, 0) is 17.7 Å². The topological polar surface area (TPSA) is 48.3 Å². The number of hydrogen-bond donors (Lipinski definition) is 0. The van der Waals surface area contributed by atoms with Crippen LogP contribution < -0.4 is 5.56 Å². The molecule has 0 aliphatic rings. The summed E-state index contributed by atoms with van der Waals surface area (Å²) in [5.41, 5.74) is 2.78. The van der Waals surface area contributed by atoms with E-state index in [2.05, 4.69) is 11.8 Å². The molecule has 4 heteroatoms. The molecule has 0 spiro atoms. The van der Waals surface area contributed by atoms with Gasteiger partial charge in [0, 0.05) is 23.6 Å². The van der Waals surface area contributed by atoms with Crippen LogP contribution in [-0.4, -0.2) is 16.1 Å². The first kappa shape index (κ1) is 23.1. The molecule has 0 saturated carbocycles. The number of ether oxygens (including phenoxy) is 1. The van der Waals surface area contributed by atoms with Crippen LogP contribution in [0.25, 0.3) is 10.8 Å². The van der Waals surface area contributed by atoms with Crippen molar-refractivity contribution in [1.82, 2.24) is 4.57 Å². The Kier molecular flexibility index (Phi) is 6.65. The minimum Gasteiger partial charge on any atom is -0.456 e.